The van der Waals surface area contributed by atoms with Gasteiger partial charge in [-0.05, 0) is 24.3 Å². The predicted octanol–water partition coefficient (Wildman–Crippen LogP) is 0.621. The molecule has 0 bridgehead atoms. The van der Waals surface area contributed by atoms with Crippen molar-refractivity contribution in [3.8, 4) is 11.5 Å². The van der Waals surface area contributed by atoms with Gasteiger partial charge in [0.25, 0.3) is 0 Å². The largest absolute Gasteiger partial charge is 0.497 e. The number of para-hydroxylation sites is 1. The lowest BCUT2D eigenvalue weighted by Gasteiger charge is -2.40. The zero-order chi connectivity index (χ0) is 22.0. The van der Waals surface area contributed by atoms with Gasteiger partial charge in [0.15, 0.2) is 6.29 Å². The summed E-state index contributed by atoms with van der Waals surface area (Å²) < 4.78 is 10.4. The van der Waals surface area contributed by atoms with Crippen molar-refractivity contribution < 1.29 is 23.9 Å². The molecule has 2 aromatic carbocycles. The van der Waals surface area contributed by atoms with Gasteiger partial charge in [-0.1, -0.05) is 18.2 Å². The van der Waals surface area contributed by atoms with Crippen LogP contribution < -0.4 is 25.1 Å². The normalized spacial score (nSPS) is 18.1. The van der Waals surface area contributed by atoms with Crippen LogP contribution in [0, 0.1) is 0 Å². The second kappa shape index (κ2) is 8.52. The second-order valence-corrected chi connectivity index (χ2v) is 7.04. The van der Waals surface area contributed by atoms with Crippen molar-refractivity contribution in [1.29, 1.82) is 0 Å². The molecule has 31 heavy (non-hydrogen) atoms. The molecule has 3 amide bonds. The van der Waals surface area contributed by atoms with Crippen molar-refractivity contribution in [2.24, 2.45) is 0 Å². The number of amides is 3. The molecule has 4 rings (SSSR count). The molecule has 0 saturated carbocycles. The number of carbonyl (C=O) groups excluding carboxylic acids is 3. The van der Waals surface area contributed by atoms with Crippen LogP contribution >= 0.6 is 0 Å². The fourth-order valence-electron chi connectivity index (χ4n) is 3.66. The molecule has 0 aromatic heterocycles. The number of fused-ring (bicyclic) bond motifs is 1. The van der Waals surface area contributed by atoms with Crippen LogP contribution in [-0.4, -0.2) is 67.8 Å². The van der Waals surface area contributed by atoms with Crippen molar-refractivity contribution in [3.05, 3.63) is 48.5 Å². The van der Waals surface area contributed by atoms with Gasteiger partial charge in [0.05, 0.1) is 19.9 Å². The third kappa shape index (κ3) is 3.97. The van der Waals surface area contributed by atoms with Crippen LogP contribution in [0.15, 0.2) is 48.5 Å². The molecule has 1 unspecified atom stereocenters. The molecular weight excluding hydrogens is 402 g/mol. The number of rotatable bonds is 6. The minimum absolute atomic E-state index is 0.341. The van der Waals surface area contributed by atoms with E-state index in [0.717, 1.165) is 10.7 Å². The molecule has 2 heterocycles. The second-order valence-electron chi connectivity index (χ2n) is 7.04. The SMILES string of the molecule is COc1ccc(NC(=O)CN2NC3N(CCN3c3ccccc3)C(=O)C2=O)c(OC)c1. The predicted molar refractivity (Wildman–Crippen MR) is 112 cm³/mol. The Hall–Kier alpha value is -3.79. The van der Waals surface area contributed by atoms with E-state index in [0.29, 0.717) is 30.3 Å². The lowest BCUT2D eigenvalue weighted by Crippen LogP contribution is -2.68. The van der Waals surface area contributed by atoms with E-state index in [2.05, 4.69) is 10.7 Å². The molecule has 0 radical (unpaired) electrons. The van der Waals surface area contributed by atoms with Crippen LogP contribution in [0.2, 0.25) is 0 Å². The van der Waals surface area contributed by atoms with Gasteiger partial charge in [0, 0.05) is 24.8 Å². The number of hydrazine groups is 1. The van der Waals surface area contributed by atoms with E-state index >= 15 is 0 Å². The standard InChI is InChI=1S/C21H23N5O5/c1-30-15-8-9-16(17(12-15)31-2)22-18(27)13-26-20(29)19(28)25-11-10-24(21(25)23-26)14-6-4-3-5-7-14/h3-9,12,21,23H,10-11,13H2,1-2H3,(H,22,27). The van der Waals surface area contributed by atoms with Gasteiger partial charge in [-0.2, -0.15) is 5.43 Å². The smallest absolute Gasteiger partial charge is 0.326 e. The zero-order valence-electron chi connectivity index (χ0n) is 17.2. The maximum Gasteiger partial charge on any atom is 0.326 e. The first-order valence-electron chi connectivity index (χ1n) is 9.74. The van der Waals surface area contributed by atoms with Crippen molar-refractivity contribution in [2.45, 2.75) is 6.29 Å². The van der Waals surface area contributed by atoms with Crippen molar-refractivity contribution >= 4 is 29.1 Å². The van der Waals surface area contributed by atoms with E-state index in [9.17, 15) is 14.4 Å². The summed E-state index contributed by atoms with van der Waals surface area (Å²) in [6, 6.07) is 14.5. The highest BCUT2D eigenvalue weighted by molar-refractivity contribution is 6.35. The van der Waals surface area contributed by atoms with Crippen LogP contribution in [0.3, 0.4) is 0 Å². The Kier molecular flexibility index (Phi) is 5.63. The van der Waals surface area contributed by atoms with Crippen LogP contribution in [0.1, 0.15) is 0 Å². The molecule has 162 valence electrons. The minimum Gasteiger partial charge on any atom is -0.497 e. The minimum atomic E-state index is -0.775. The van der Waals surface area contributed by atoms with E-state index in [-0.39, 0.29) is 6.54 Å². The molecule has 1 atom stereocenters. The topological polar surface area (TPSA) is 103 Å². The Bertz CT molecular complexity index is 999. The number of nitrogens with one attached hydrogen (secondary N) is 2. The molecule has 0 aliphatic carbocycles. The Labute approximate surface area is 179 Å². The highest BCUT2D eigenvalue weighted by Gasteiger charge is 2.45. The average Bonchev–Trinajstić information content (AvgIpc) is 3.22. The maximum absolute atomic E-state index is 12.6. The summed E-state index contributed by atoms with van der Waals surface area (Å²) in [7, 11) is 3.01. The molecule has 2 aliphatic heterocycles. The van der Waals surface area contributed by atoms with Gasteiger partial charge >= 0.3 is 11.8 Å². The molecular formula is C21H23N5O5. The number of hydrogen-bond donors (Lipinski definition) is 2. The number of anilines is 2. The maximum atomic E-state index is 12.6. The highest BCUT2D eigenvalue weighted by Crippen LogP contribution is 2.29. The molecule has 2 N–H and O–H groups in total. The third-order valence-electron chi connectivity index (χ3n) is 5.20. The molecule has 10 heteroatoms. The number of methoxy groups -OCH3 is 2. The first kappa shape index (κ1) is 20.5. The lowest BCUT2D eigenvalue weighted by molar-refractivity contribution is -0.163. The van der Waals surface area contributed by atoms with Crippen molar-refractivity contribution in [3.63, 3.8) is 0 Å². The van der Waals surface area contributed by atoms with Gasteiger partial charge in [-0.15, -0.1) is 0 Å². The number of ether oxygens (including phenoxy) is 2. The van der Waals surface area contributed by atoms with Crippen LogP contribution in [0.25, 0.3) is 0 Å². The summed E-state index contributed by atoms with van der Waals surface area (Å²) in [6.07, 6.45) is -0.545. The Morgan fingerprint density at radius 1 is 1.03 bits per heavy atom. The van der Waals surface area contributed by atoms with E-state index in [1.54, 1.807) is 18.2 Å². The summed E-state index contributed by atoms with van der Waals surface area (Å²) in [6.45, 7) is 0.650. The average molecular weight is 425 g/mol. The number of hydrogen-bond acceptors (Lipinski definition) is 7. The van der Waals surface area contributed by atoms with E-state index in [4.69, 9.17) is 9.47 Å². The molecule has 2 saturated heterocycles. The van der Waals surface area contributed by atoms with Gasteiger partial charge in [-0.3, -0.25) is 24.3 Å². The highest BCUT2D eigenvalue weighted by atomic mass is 16.5. The quantitative estimate of drug-likeness (QED) is 0.654. The van der Waals surface area contributed by atoms with Gasteiger partial charge in [-0.25, -0.2) is 0 Å². The molecule has 0 spiro atoms. The monoisotopic (exact) mass is 425 g/mol. The molecule has 2 aromatic rings. The third-order valence-corrected chi connectivity index (χ3v) is 5.20. The summed E-state index contributed by atoms with van der Waals surface area (Å²) in [5.74, 6) is -0.899. The molecule has 2 aliphatic rings. The van der Waals surface area contributed by atoms with Gasteiger partial charge in [0.2, 0.25) is 5.91 Å². The van der Waals surface area contributed by atoms with Crippen LogP contribution in [-0.2, 0) is 14.4 Å². The Morgan fingerprint density at radius 3 is 2.48 bits per heavy atom. The van der Waals surface area contributed by atoms with Crippen molar-refractivity contribution in [1.82, 2.24) is 15.3 Å². The van der Waals surface area contributed by atoms with Gasteiger partial charge < -0.3 is 19.7 Å². The first-order chi connectivity index (χ1) is 15.0. The Balaban J connectivity index is 1.47. The number of carbonyl (C=O) groups is 3. The molecule has 2 fully saturated rings. The van der Waals surface area contributed by atoms with Crippen LogP contribution in [0.4, 0.5) is 11.4 Å². The summed E-state index contributed by atoms with van der Waals surface area (Å²) in [5, 5.41) is 3.76. The van der Waals surface area contributed by atoms with E-state index in [1.807, 2.05) is 35.2 Å². The summed E-state index contributed by atoms with van der Waals surface area (Å²) in [4.78, 5) is 41.2. The molecule has 10 nitrogen and oxygen atoms in total. The fraction of sp³-hybridized carbons (Fsp3) is 0.286. The summed E-state index contributed by atoms with van der Waals surface area (Å²) in [5.41, 5.74) is 4.35. The summed E-state index contributed by atoms with van der Waals surface area (Å²) >= 11 is 0. The lowest BCUT2D eigenvalue weighted by atomic mass is 10.2. The van der Waals surface area contributed by atoms with E-state index in [1.165, 1.54) is 19.1 Å². The Morgan fingerprint density at radius 2 is 1.77 bits per heavy atom. The van der Waals surface area contributed by atoms with Crippen molar-refractivity contribution in [2.75, 3.05) is 44.1 Å². The first-order valence-corrected chi connectivity index (χ1v) is 9.74. The zero-order valence-corrected chi connectivity index (χ0v) is 17.2. The van der Waals surface area contributed by atoms with E-state index < -0.39 is 24.0 Å². The fourth-order valence-corrected chi connectivity index (χ4v) is 3.66. The van der Waals surface area contributed by atoms with Crippen LogP contribution in [0.5, 0.6) is 11.5 Å². The number of nitrogens with zero attached hydrogens (tertiary/aromatic N) is 3. The number of benzene rings is 2. The van der Waals surface area contributed by atoms with Gasteiger partial charge in [0.1, 0.15) is 18.0 Å².